The second kappa shape index (κ2) is 35.9. The smallest absolute Gasteiger partial charge is 0.325 e. The van der Waals surface area contributed by atoms with E-state index in [1.807, 2.05) is 49.5 Å². The van der Waals surface area contributed by atoms with Crippen molar-refractivity contribution < 1.29 is 56.4 Å². The Kier molecular flexibility index (Phi) is 27.6. The van der Waals surface area contributed by atoms with Gasteiger partial charge in [-0.2, -0.15) is 0 Å². The van der Waals surface area contributed by atoms with Gasteiger partial charge in [-0.15, -0.1) is 16.4 Å². The number of aryl methyl sites for hydroxylation is 1. The highest BCUT2D eigenvalue weighted by Gasteiger charge is 2.35. The summed E-state index contributed by atoms with van der Waals surface area (Å²) in [6.07, 6.45) is 3.15. The number of aromatic nitrogens is 5. The number of nitrogens with zero attached hydrogens (tertiary/aromatic N) is 9. The minimum atomic E-state index is -2.91. The fourth-order valence-electron chi connectivity index (χ4n) is 8.98. The number of urea groups is 1. The first-order chi connectivity index (χ1) is 41.8. The molecule has 1 saturated heterocycles. The molecule has 1 unspecified atom stereocenters. The van der Waals surface area contributed by atoms with Crippen LogP contribution in [0.4, 0.5) is 24.4 Å². The predicted octanol–water partition coefficient (Wildman–Crippen LogP) is 7.30. The van der Waals surface area contributed by atoms with Crippen LogP contribution in [0.25, 0.3) is 0 Å². The van der Waals surface area contributed by atoms with Gasteiger partial charge in [0.05, 0.1) is 84.3 Å². The Morgan fingerprint density at radius 1 is 0.767 bits per heavy atom. The normalized spacial score (nSPS) is 13.0. The molecule has 26 heteroatoms. The van der Waals surface area contributed by atoms with E-state index in [0.717, 1.165) is 60.7 Å². The van der Waals surface area contributed by atoms with Crippen molar-refractivity contribution in [3.05, 3.63) is 136 Å². The Labute approximate surface area is 509 Å². The summed E-state index contributed by atoms with van der Waals surface area (Å²) in [6, 6.07) is 22.4. The molecule has 5 amide bonds. The van der Waals surface area contributed by atoms with Crippen LogP contribution in [-0.2, 0) is 60.9 Å². The Morgan fingerprint density at radius 3 is 2.21 bits per heavy atom. The summed E-state index contributed by atoms with van der Waals surface area (Å²) < 4.78 is 64.4. The molecule has 0 saturated carbocycles. The number of methoxy groups -OCH3 is 1. The molecular formula is C60H77ClF2N12O10S. The van der Waals surface area contributed by atoms with Crippen molar-refractivity contribution in [2.45, 2.75) is 64.1 Å². The van der Waals surface area contributed by atoms with Crippen LogP contribution in [0.2, 0.25) is 5.02 Å². The Hall–Kier alpha value is -7.39. The maximum atomic E-state index is 14.1. The summed E-state index contributed by atoms with van der Waals surface area (Å²) in [5.74, 6) is 0.115. The molecule has 0 bridgehead atoms. The van der Waals surface area contributed by atoms with Crippen LogP contribution in [0.1, 0.15) is 53.4 Å². The molecule has 1 fully saturated rings. The number of amides is 5. The number of rotatable bonds is 37. The van der Waals surface area contributed by atoms with E-state index in [9.17, 15) is 28.0 Å². The number of likely N-dealkylation sites (N-methyl/N-ethyl adjacent to an activating group) is 2. The number of thiazole rings is 1. The molecule has 4 heterocycles. The van der Waals surface area contributed by atoms with Crippen LogP contribution in [0.5, 0.6) is 17.4 Å². The van der Waals surface area contributed by atoms with Crippen molar-refractivity contribution >= 4 is 57.5 Å². The molecule has 1 aliphatic rings. The van der Waals surface area contributed by atoms with Crippen LogP contribution in [0, 0.1) is 0 Å². The minimum Gasteiger partial charge on any atom is -0.494 e. The lowest BCUT2D eigenvalue weighted by molar-refractivity contribution is -0.143. The Morgan fingerprint density at radius 2 is 1.47 bits per heavy atom. The number of unbranched alkanes of at least 4 members (excludes halogenated alkanes) is 1. The van der Waals surface area contributed by atoms with Crippen LogP contribution in [0.15, 0.2) is 103 Å². The zero-order valence-electron chi connectivity index (χ0n) is 48.9. The van der Waals surface area contributed by atoms with Crippen molar-refractivity contribution in [1.82, 2.24) is 49.9 Å². The lowest BCUT2D eigenvalue weighted by Crippen LogP contribution is -2.47. The van der Waals surface area contributed by atoms with Crippen LogP contribution >= 0.6 is 22.9 Å². The van der Waals surface area contributed by atoms with Crippen molar-refractivity contribution in [2.24, 2.45) is 0 Å². The SMILES string of the molecule is COc1ncccc1C(C(=O)NCc1ccc(Cl)cc1)N(CC(F)F)C(=O)CCc1ccc(OCCCCN(C)CCOCCOCCc2cn(CCOCCOc3ccc(NC(=O)Nc4nc(CC(=O)N5CCN(C)CC5)cs4)cc3)nn2)cc1. The standard InChI is InChI=1S/C60H77ClF2N12O10S/c1-71(24-4-5-31-84-50-17-10-44(11-18-50)12-21-54(76)75(42-53(62)63)56(52-7-6-23-64-58(52)80-3)57(78)65-40-45-8-13-46(61)14-9-45)29-33-82-36-35-81-32-22-48-41-74(70-69-48)30-34-83-37-38-85-51-19-15-47(16-20-51)66-59(79)68-60-67-49(43-86-60)39-55(77)73-27-25-72(2)26-28-73/h6-11,13-20,23,41,43,53,56H,4-5,12,21-22,24-40,42H2,1-3H3,(H,65,78)(H2,66,67,68,79). The van der Waals surface area contributed by atoms with Crippen molar-refractivity contribution in [3.8, 4) is 17.4 Å². The number of ether oxygens (including phenoxy) is 6. The number of hydrogen-bond donors (Lipinski definition) is 3. The highest BCUT2D eigenvalue weighted by atomic mass is 35.5. The fourth-order valence-corrected chi connectivity index (χ4v) is 9.81. The van der Waals surface area contributed by atoms with Crippen LogP contribution in [0.3, 0.4) is 0 Å². The van der Waals surface area contributed by atoms with E-state index in [1.165, 1.54) is 30.7 Å². The van der Waals surface area contributed by atoms with E-state index in [2.05, 4.69) is 46.0 Å². The number of benzene rings is 3. The van der Waals surface area contributed by atoms with Gasteiger partial charge in [-0.05, 0) is 112 Å². The van der Waals surface area contributed by atoms with Crippen molar-refractivity contribution in [2.75, 3.05) is 131 Å². The largest absolute Gasteiger partial charge is 0.494 e. The monoisotopic (exact) mass is 1230 g/mol. The average molecular weight is 1230 g/mol. The van der Waals surface area contributed by atoms with Gasteiger partial charge < -0.3 is 58.7 Å². The summed E-state index contributed by atoms with van der Waals surface area (Å²) in [4.78, 5) is 68.5. The second-order valence-corrected chi connectivity index (χ2v) is 21.6. The first-order valence-electron chi connectivity index (χ1n) is 28.6. The number of hydrogen-bond acceptors (Lipinski definition) is 17. The lowest BCUT2D eigenvalue weighted by atomic mass is 10.0. The zero-order chi connectivity index (χ0) is 60.9. The summed E-state index contributed by atoms with van der Waals surface area (Å²) in [5.41, 5.74) is 3.77. The van der Waals surface area contributed by atoms with Crippen molar-refractivity contribution in [1.29, 1.82) is 0 Å². The van der Waals surface area contributed by atoms with E-state index in [0.29, 0.717) is 112 Å². The van der Waals surface area contributed by atoms with Gasteiger partial charge in [-0.1, -0.05) is 41.1 Å². The van der Waals surface area contributed by atoms with Gasteiger partial charge in [-0.25, -0.2) is 28.2 Å². The van der Waals surface area contributed by atoms with E-state index >= 15 is 0 Å². The third-order valence-electron chi connectivity index (χ3n) is 13.7. The summed E-state index contributed by atoms with van der Waals surface area (Å²) >= 11 is 7.28. The Bertz CT molecular complexity index is 2990. The molecule has 6 aromatic rings. The topological polar surface area (TPSA) is 229 Å². The predicted molar refractivity (Wildman–Crippen MR) is 322 cm³/mol. The fraction of sp³-hybridized carbons (Fsp3) is 0.467. The van der Waals surface area contributed by atoms with Gasteiger partial charge in [0.15, 0.2) is 5.13 Å². The molecule has 0 spiro atoms. The number of carbonyl (C=O) groups excluding carboxylic acids is 4. The van der Waals surface area contributed by atoms with Gasteiger partial charge >= 0.3 is 6.03 Å². The summed E-state index contributed by atoms with van der Waals surface area (Å²) in [6.45, 7) is 8.13. The molecule has 0 radical (unpaired) electrons. The second-order valence-electron chi connectivity index (χ2n) is 20.3. The van der Waals surface area contributed by atoms with Gasteiger partial charge in [0.25, 0.3) is 6.43 Å². The maximum absolute atomic E-state index is 14.1. The zero-order valence-corrected chi connectivity index (χ0v) is 50.5. The van der Waals surface area contributed by atoms with Gasteiger partial charge in [0, 0.05) is 86.2 Å². The molecule has 0 aliphatic carbocycles. The third kappa shape index (κ3) is 23.1. The van der Waals surface area contributed by atoms with E-state index in [1.54, 1.807) is 64.7 Å². The van der Waals surface area contributed by atoms with Gasteiger partial charge in [-0.3, -0.25) is 19.7 Å². The molecule has 86 heavy (non-hydrogen) atoms. The summed E-state index contributed by atoms with van der Waals surface area (Å²) in [7, 11) is 5.45. The number of anilines is 2. The van der Waals surface area contributed by atoms with E-state index < -0.39 is 36.9 Å². The number of halogens is 3. The lowest BCUT2D eigenvalue weighted by Gasteiger charge is -2.32. The number of carbonyl (C=O) groups is 4. The highest BCUT2D eigenvalue weighted by molar-refractivity contribution is 7.14. The number of piperazine rings is 1. The Balaban J connectivity index is 0.672. The van der Waals surface area contributed by atoms with Gasteiger partial charge in [0.2, 0.25) is 23.6 Å². The molecular weight excluding hydrogens is 1150 g/mol. The molecule has 3 aromatic heterocycles. The summed E-state index contributed by atoms with van der Waals surface area (Å²) in [5, 5.41) is 19.5. The number of pyridine rings is 1. The average Bonchev–Trinajstić information content (AvgIpc) is 3.74. The van der Waals surface area contributed by atoms with Crippen LogP contribution < -0.4 is 30.2 Å². The maximum Gasteiger partial charge on any atom is 0.325 e. The van der Waals surface area contributed by atoms with Gasteiger partial charge in [0.1, 0.15) is 24.1 Å². The quantitative estimate of drug-likeness (QED) is 0.0325. The number of alkyl halides is 2. The molecule has 7 rings (SSSR count). The first-order valence-corrected chi connectivity index (χ1v) is 29.9. The molecule has 464 valence electrons. The molecule has 1 atom stereocenters. The number of nitrogens with one attached hydrogen (secondary N) is 3. The molecule has 3 aromatic carbocycles. The molecule has 22 nitrogen and oxygen atoms in total. The minimum absolute atomic E-state index is 0.0396. The molecule has 1 aliphatic heterocycles. The molecule has 3 N–H and O–H groups in total. The first kappa shape index (κ1) is 66.1. The van der Waals surface area contributed by atoms with Crippen LogP contribution in [-0.4, -0.2) is 195 Å². The van der Waals surface area contributed by atoms with Crippen molar-refractivity contribution in [3.63, 3.8) is 0 Å². The van der Waals surface area contributed by atoms with E-state index in [4.69, 9.17) is 40.0 Å². The third-order valence-corrected chi connectivity index (χ3v) is 14.8. The highest BCUT2D eigenvalue weighted by Crippen LogP contribution is 2.30. The van der Waals surface area contributed by atoms with E-state index in [-0.39, 0.29) is 43.2 Å².